The summed E-state index contributed by atoms with van der Waals surface area (Å²) in [6, 6.07) is 11.8. The van der Waals surface area contributed by atoms with E-state index in [1.54, 1.807) is 31.3 Å². The highest BCUT2D eigenvalue weighted by molar-refractivity contribution is 5.82. The van der Waals surface area contributed by atoms with Crippen LogP contribution in [0.15, 0.2) is 55.0 Å². The van der Waals surface area contributed by atoms with E-state index in [2.05, 4.69) is 15.0 Å². The molecular weight excluding hydrogens is 406 g/mol. The summed E-state index contributed by atoms with van der Waals surface area (Å²) in [6.07, 6.45) is 6.01. The molecule has 1 N–H and O–H groups in total. The highest BCUT2D eigenvalue weighted by atomic mass is 16.5. The molecule has 8 heteroatoms. The number of hydrogen-bond donors (Lipinski definition) is 1. The van der Waals surface area contributed by atoms with E-state index in [-0.39, 0.29) is 12.0 Å². The molecule has 1 aliphatic rings. The van der Waals surface area contributed by atoms with Crippen LogP contribution in [0.1, 0.15) is 6.42 Å². The fourth-order valence-electron chi connectivity index (χ4n) is 3.83. The Labute approximate surface area is 186 Å². The normalized spacial score (nSPS) is 17.4. The van der Waals surface area contributed by atoms with Gasteiger partial charge < -0.3 is 19.5 Å². The van der Waals surface area contributed by atoms with Crippen molar-refractivity contribution >= 4 is 22.4 Å². The zero-order chi connectivity index (χ0) is 22.2. The lowest BCUT2D eigenvalue weighted by atomic mass is 10.1. The summed E-state index contributed by atoms with van der Waals surface area (Å²) in [5.41, 5.74) is 5.19. The molecule has 5 rings (SSSR count). The number of nitrogens with zero attached hydrogens (tertiary/aromatic N) is 5. The van der Waals surface area contributed by atoms with Crippen molar-refractivity contribution in [2.75, 3.05) is 25.7 Å². The minimum Gasteiger partial charge on any atom is -0.497 e. The third-order valence-corrected chi connectivity index (χ3v) is 5.79. The Morgan fingerprint density at radius 1 is 1.03 bits per heavy atom. The molecule has 0 aliphatic heterocycles. The lowest BCUT2D eigenvalue weighted by Crippen LogP contribution is -2.21. The van der Waals surface area contributed by atoms with Crippen molar-refractivity contribution in [3.63, 3.8) is 0 Å². The number of anilines is 2. The van der Waals surface area contributed by atoms with Crippen molar-refractivity contribution in [3.8, 4) is 22.8 Å². The SMILES string of the molecule is COc1cc(OC)cc(N(C[C@@H]2C[C@H]2O)c2ccc3ncc(-c4cnn(C)c4)nc3c2)c1. The summed E-state index contributed by atoms with van der Waals surface area (Å²) in [6.45, 7) is 0.679. The maximum Gasteiger partial charge on any atom is 0.124 e. The van der Waals surface area contributed by atoms with Gasteiger partial charge in [0, 0.05) is 60.8 Å². The highest BCUT2D eigenvalue weighted by Gasteiger charge is 2.37. The Kier molecular flexibility index (Phi) is 5.14. The molecule has 0 radical (unpaired) electrons. The quantitative estimate of drug-likeness (QED) is 0.479. The number of rotatable bonds is 7. The van der Waals surface area contributed by atoms with E-state index in [0.29, 0.717) is 18.0 Å². The van der Waals surface area contributed by atoms with Gasteiger partial charge in [-0.05, 0) is 24.6 Å². The topological polar surface area (TPSA) is 85.5 Å². The summed E-state index contributed by atoms with van der Waals surface area (Å²) < 4.78 is 12.7. The van der Waals surface area contributed by atoms with Crippen molar-refractivity contribution in [1.29, 1.82) is 0 Å². The van der Waals surface area contributed by atoms with Gasteiger partial charge in [0.05, 0.1) is 49.4 Å². The standard InChI is InChI=1S/C24H25N5O3/c1-28-13-16(11-26-28)23-12-25-21-5-4-17(9-22(21)27-23)29(14-15-6-24(15)30)18-7-19(31-2)10-20(8-18)32-3/h4-5,7-13,15,24,30H,6,14H2,1-3H3/t15-,24+/m0/s1. The Balaban J connectivity index is 1.58. The second-order valence-electron chi connectivity index (χ2n) is 8.08. The highest BCUT2D eigenvalue weighted by Crippen LogP contribution is 2.39. The lowest BCUT2D eigenvalue weighted by molar-refractivity contribution is 0.261. The number of aromatic nitrogens is 4. The summed E-state index contributed by atoms with van der Waals surface area (Å²) in [7, 11) is 5.15. The number of benzene rings is 2. The maximum absolute atomic E-state index is 10.0. The van der Waals surface area contributed by atoms with Crippen LogP contribution in [0.2, 0.25) is 0 Å². The second-order valence-corrected chi connectivity index (χ2v) is 8.08. The molecule has 1 fully saturated rings. The smallest absolute Gasteiger partial charge is 0.124 e. The van der Waals surface area contributed by atoms with Gasteiger partial charge in [0.2, 0.25) is 0 Å². The van der Waals surface area contributed by atoms with Crippen molar-refractivity contribution < 1.29 is 14.6 Å². The largest absolute Gasteiger partial charge is 0.497 e. The van der Waals surface area contributed by atoms with E-state index >= 15 is 0 Å². The van der Waals surface area contributed by atoms with Gasteiger partial charge in [-0.25, -0.2) is 4.98 Å². The van der Waals surface area contributed by atoms with Crippen LogP contribution in [-0.2, 0) is 7.05 Å². The predicted molar refractivity (Wildman–Crippen MR) is 122 cm³/mol. The number of aliphatic hydroxyl groups excluding tert-OH is 1. The molecule has 2 heterocycles. The van der Waals surface area contributed by atoms with Crippen molar-refractivity contribution in [1.82, 2.24) is 19.7 Å². The Hall–Kier alpha value is -3.65. The molecule has 4 aromatic rings. The molecule has 32 heavy (non-hydrogen) atoms. The van der Waals surface area contributed by atoms with Crippen LogP contribution < -0.4 is 14.4 Å². The van der Waals surface area contributed by atoms with E-state index < -0.39 is 0 Å². The molecule has 1 aliphatic carbocycles. The fraction of sp³-hybridized carbons (Fsp3) is 0.292. The lowest BCUT2D eigenvalue weighted by Gasteiger charge is -2.26. The molecule has 2 aromatic carbocycles. The summed E-state index contributed by atoms with van der Waals surface area (Å²) in [5, 5.41) is 14.2. The van der Waals surface area contributed by atoms with Gasteiger partial charge in [-0.2, -0.15) is 5.10 Å². The average Bonchev–Trinajstić information content (AvgIpc) is 3.34. The molecule has 1 saturated carbocycles. The van der Waals surface area contributed by atoms with Crippen LogP contribution in [0.4, 0.5) is 11.4 Å². The van der Waals surface area contributed by atoms with E-state index in [1.807, 2.05) is 49.6 Å². The first-order valence-electron chi connectivity index (χ1n) is 10.5. The van der Waals surface area contributed by atoms with Crippen LogP contribution in [0.3, 0.4) is 0 Å². The third-order valence-electron chi connectivity index (χ3n) is 5.79. The van der Waals surface area contributed by atoms with Gasteiger partial charge in [0.25, 0.3) is 0 Å². The molecule has 0 amide bonds. The van der Waals surface area contributed by atoms with Gasteiger partial charge in [0.1, 0.15) is 11.5 Å². The van der Waals surface area contributed by atoms with Crippen molar-refractivity contribution in [3.05, 3.63) is 55.0 Å². The van der Waals surface area contributed by atoms with Crippen LogP contribution in [0, 0.1) is 5.92 Å². The Morgan fingerprint density at radius 2 is 1.78 bits per heavy atom. The summed E-state index contributed by atoms with van der Waals surface area (Å²) in [4.78, 5) is 11.6. The zero-order valence-corrected chi connectivity index (χ0v) is 18.3. The Morgan fingerprint density at radius 3 is 2.41 bits per heavy atom. The van der Waals surface area contributed by atoms with Gasteiger partial charge >= 0.3 is 0 Å². The zero-order valence-electron chi connectivity index (χ0n) is 18.3. The average molecular weight is 431 g/mol. The first-order chi connectivity index (χ1) is 15.5. The van der Waals surface area contributed by atoms with Gasteiger partial charge in [-0.1, -0.05) is 0 Å². The van der Waals surface area contributed by atoms with Crippen LogP contribution in [0.5, 0.6) is 11.5 Å². The van der Waals surface area contributed by atoms with E-state index in [9.17, 15) is 5.11 Å². The molecule has 164 valence electrons. The van der Waals surface area contributed by atoms with E-state index in [4.69, 9.17) is 14.5 Å². The molecule has 0 bridgehead atoms. The van der Waals surface area contributed by atoms with Crippen molar-refractivity contribution in [2.24, 2.45) is 13.0 Å². The number of ether oxygens (including phenoxy) is 2. The number of aliphatic hydroxyl groups is 1. The minimum absolute atomic E-state index is 0.218. The summed E-state index contributed by atoms with van der Waals surface area (Å²) >= 11 is 0. The molecule has 0 unspecified atom stereocenters. The van der Waals surface area contributed by atoms with Crippen molar-refractivity contribution in [2.45, 2.75) is 12.5 Å². The first-order valence-corrected chi connectivity index (χ1v) is 10.5. The van der Waals surface area contributed by atoms with Gasteiger partial charge in [0.15, 0.2) is 0 Å². The molecular formula is C24H25N5O3. The number of fused-ring (bicyclic) bond motifs is 1. The second kappa shape index (κ2) is 8.12. The number of hydrogen-bond acceptors (Lipinski definition) is 7. The monoisotopic (exact) mass is 431 g/mol. The van der Waals surface area contributed by atoms with Crippen LogP contribution in [-0.4, -0.2) is 51.7 Å². The molecule has 0 spiro atoms. The molecule has 2 aromatic heterocycles. The van der Waals surface area contributed by atoms with Crippen LogP contribution in [0.25, 0.3) is 22.3 Å². The molecule has 2 atom stereocenters. The Bertz CT molecular complexity index is 1250. The van der Waals surface area contributed by atoms with Gasteiger partial charge in [-0.3, -0.25) is 9.67 Å². The fourth-order valence-corrected chi connectivity index (χ4v) is 3.83. The van der Waals surface area contributed by atoms with E-state index in [0.717, 1.165) is 40.1 Å². The first kappa shape index (κ1) is 20.3. The molecule has 0 saturated heterocycles. The summed E-state index contributed by atoms with van der Waals surface area (Å²) in [5.74, 6) is 1.64. The number of methoxy groups -OCH3 is 2. The predicted octanol–water partition coefficient (Wildman–Crippen LogP) is 3.57. The van der Waals surface area contributed by atoms with E-state index in [1.165, 1.54) is 0 Å². The van der Waals surface area contributed by atoms with Gasteiger partial charge in [-0.15, -0.1) is 0 Å². The van der Waals surface area contributed by atoms with Crippen LogP contribution >= 0.6 is 0 Å². The number of aryl methyl sites for hydroxylation is 1. The molecule has 8 nitrogen and oxygen atoms in total. The maximum atomic E-state index is 10.0. The minimum atomic E-state index is -0.262. The third kappa shape index (κ3) is 3.97.